The van der Waals surface area contributed by atoms with Crippen molar-refractivity contribution in [1.29, 1.82) is 0 Å². The van der Waals surface area contributed by atoms with Crippen molar-refractivity contribution in [3.05, 3.63) is 71.3 Å². The minimum absolute atomic E-state index is 0.368. The number of ether oxygens (including phenoxy) is 1. The molecule has 7 nitrogen and oxygen atoms in total. The van der Waals surface area contributed by atoms with Gasteiger partial charge >= 0.3 is 6.03 Å². The third kappa shape index (κ3) is 4.77. The number of amides is 4. The number of nitrogens with zero attached hydrogens (tertiary/aromatic N) is 1. The zero-order valence-corrected chi connectivity index (χ0v) is 18.2. The van der Waals surface area contributed by atoms with Crippen LogP contribution in [0.4, 0.5) is 10.5 Å². The molecule has 2 aromatic rings. The van der Waals surface area contributed by atoms with Crippen molar-refractivity contribution >= 4 is 23.5 Å². The average molecular weight is 421 g/mol. The first-order valence-electron chi connectivity index (χ1n) is 9.99. The van der Waals surface area contributed by atoms with Gasteiger partial charge in [-0.15, -0.1) is 0 Å². The fraction of sp³-hybridized carbons (Fsp3) is 0.292. The molecule has 4 amide bonds. The van der Waals surface area contributed by atoms with Crippen LogP contribution in [0.25, 0.3) is 0 Å². The first kappa shape index (κ1) is 22.1. The lowest BCUT2D eigenvalue weighted by molar-refractivity contribution is -0.133. The number of urea groups is 1. The Balaban J connectivity index is 1.69. The smallest absolute Gasteiger partial charge is 0.325 e. The third-order valence-corrected chi connectivity index (χ3v) is 5.28. The summed E-state index contributed by atoms with van der Waals surface area (Å²) in [5, 5.41) is 5.44. The van der Waals surface area contributed by atoms with Gasteiger partial charge in [-0.3, -0.25) is 14.5 Å². The fourth-order valence-electron chi connectivity index (χ4n) is 3.29. The number of hydrogen-bond acceptors (Lipinski definition) is 4. The number of imide groups is 1. The molecule has 7 heteroatoms. The molecule has 1 fully saturated rings. The van der Waals surface area contributed by atoms with E-state index in [2.05, 4.69) is 17.2 Å². The Morgan fingerprint density at radius 1 is 1.13 bits per heavy atom. The highest BCUT2D eigenvalue weighted by Crippen LogP contribution is 2.30. The van der Waals surface area contributed by atoms with Gasteiger partial charge in [0.1, 0.15) is 24.4 Å². The van der Waals surface area contributed by atoms with Gasteiger partial charge in [-0.2, -0.15) is 0 Å². The molecule has 0 radical (unpaired) electrons. The monoisotopic (exact) mass is 421 g/mol. The molecule has 1 saturated heterocycles. The lowest BCUT2D eigenvalue weighted by Gasteiger charge is -2.22. The van der Waals surface area contributed by atoms with Gasteiger partial charge in [-0.25, -0.2) is 4.79 Å². The van der Waals surface area contributed by atoms with Gasteiger partial charge in [0.05, 0.1) is 0 Å². The van der Waals surface area contributed by atoms with Gasteiger partial charge in [0.15, 0.2) is 0 Å². The Morgan fingerprint density at radius 3 is 2.42 bits per heavy atom. The lowest BCUT2D eigenvalue weighted by atomic mass is 9.92. The molecule has 1 atom stereocenters. The summed E-state index contributed by atoms with van der Waals surface area (Å²) < 4.78 is 5.58. The van der Waals surface area contributed by atoms with E-state index in [0.717, 1.165) is 21.6 Å². The van der Waals surface area contributed by atoms with Crippen LogP contribution in [0.2, 0.25) is 0 Å². The predicted molar refractivity (Wildman–Crippen MR) is 119 cm³/mol. The summed E-state index contributed by atoms with van der Waals surface area (Å²) in [7, 11) is 0. The van der Waals surface area contributed by atoms with Crippen LogP contribution in [-0.2, 0) is 15.1 Å². The molecular weight excluding hydrogens is 394 g/mol. The average Bonchev–Trinajstić information content (AvgIpc) is 2.93. The Labute approximate surface area is 182 Å². The minimum Gasteiger partial charge on any atom is -0.489 e. The van der Waals surface area contributed by atoms with Crippen molar-refractivity contribution in [2.24, 2.45) is 0 Å². The maximum atomic E-state index is 13.0. The number of aryl methyl sites for hydroxylation is 2. The number of carbonyl (C=O) groups excluding carboxylic acids is 3. The van der Waals surface area contributed by atoms with Crippen molar-refractivity contribution in [3.63, 3.8) is 0 Å². The van der Waals surface area contributed by atoms with Gasteiger partial charge in [-0.1, -0.05) is 24.8 Å². The van der Waals surface area contributed by atoms with Crippen molar-refractivity contribution in [2.45, 2.75) is 33.2 Å². The van der Waals surface area contributed by atoms with E-state index in [1.807, 2.05) is 32.9 Å². The number of carbonyl (C=O) groups is 3. The molecular formula is C24H27N3O4. The van der Waals surface area contributed by atoms with E-state index in [4.69, 9.17) is 4.74 Å². The van der Waals surface area contributed by atoms with Gasteiger partial charge in [-0.05, 0) is 74.2 Å². The van der Waals surface area contributed by atoms with Crippen LogP contribution in [-0.4, -0.2) is 35.9 Å². The van der Waals surface area contributed by atoms with Crippen LogP contribution in [0.1, 0.15) is 30.5 Å². The number of rotatable bonds is 7. The molecule has 31 heavy (non-hydrogen) atoms. The maximum absolute atomic E-state index is 13.0. The highest BCUT2D eigenvalue weighted by atomic mass is 16.5. The summed E-state index contributed by atoms with van der Waals surface area (Å²) in [4.78, 5) is 38.9. The second-order valence-electron chi connectivity index (χ2n) is 8.06. The number of anilines is 1. The Kier molecular flexibility index (Phi) is 6.15. The highest BCUT2D eigenvalue weighted by Gasteiger charge is 2.49. The molecule has 162 valence electrons. The van der Waals surface area contributed by atoms with Crippen LogP contribution in [0.15, 0.2) is 54.6 Å². The van der Waals surface area contributed by atoms with E-state index in [1.54, 1.807) is 37.3 Å². The number of hydrogen-bond donors (Lipinski definition) is 2. The second-order valence-corrected chi connectivity index (χ2v) is 8.06. The zero-order valence-electron chi connectivity index (χ0n) is 18.2. The summed E-state index contributed by atoms with van der Waals surface area (Å²) in [6.07, 6.45) is 0. The Bertz CT molecular complexity index is 1050. The van der Waals surface area contributed by atoms with Gasteiger partial charge in [0, 0.05) is 5.69 Å². The molecule has 0 aromatic heterocycles. The summed E-state index contributed by atoms with van der Waals surface area (Å²) in [5.74, 6) is -0.292. The summed E-state index contributed by atoms with van der Waals surface area (Å²) in [5.41, 5.74) is 3.00. The van der Waals surface area contributed by atoms with E-state index in [1.165, 1.54) is 0 Å². The normalized spacial score (nSPS) is 18.0. The molecule has 1 aliphatic heterocycles. The van der Waals surface area contributed by atoms with Gasteiger partial charge in [0.2, 0.25) is 5.91 Å². The first-order chi connectivity index (χ1) is 14.6. The van der Waals surface area contributed by atoms with Crippen LogP contribution in [0.5, 0.6) is 5.75 Å². The Hall–Kier alpha value is -3.61. The first-order valence-corrected chi connectivity index (χ1v) is 9.99. The summed E-state index contributed by atoms with van der Waals surface area (Å²) >= 11 is 0. The predicted octanol–water partition coefficient (Wildman–Crippen LogP) is 3.66. The standard InChI is InChI=1S/C24H27N3O4/c1-15(2)14-31-20-10-7-18(8-11-20)24(5)22(29)27(23(30)26-24)13-21(28)25-19-9-6-16(3)17(4)12-19/h6-12H,1,13-14H2,2-5H3,(H,25,28)(H,26,30). The molecule has 0 spiro atoms. The molecule has 2 N–H and O–H groups in total. The number of benzene rings is 2. The van der Waals surface area contributed by atoms with Crippen LogP contribution >= 0.6 is 0 Å². The van der Waals surface area contributed by atoms with E-state index < -0.39 is 23.4 Å². The summed E-state index contributed by atoms with van der Waals surface area (Å²) in [6.45, 7) is 11.2. The summed E-state index contributed by atoms with van der Waals surface area (Å²) in [6, 6.07) is 11.9. The van der Waals surface area contributed by atoms with Crippen molar-refractivity contribution in [3.8, 4) is 5.75 Å². The third-order valence-electron chi connectivity index (χ3n) is 5.28. The van der Waals surface area contributed by atoms with Crippen molar-refractivity contribution in [2.75, 3.05) is 18.5 Å². The number of nitrogens with one attached hydrogen (secondary N) is 2. The van der Waals surface area contributed by atoms with Crippen LogP contribution < -0.4 is 15.4 Å². The van der Waals surface area contributed by atoms with Crippen molar-refractivity contribution in [1.82, 2.24) is 10.2 Å². The van der Waals surface area contributed by atoms with Crippen molar-refractivity contribution < 1.29 is 19.1 Å². The van der Waals surface area contributed by atoms with Gasteiger partial charge in [0.25, 0.3) is 5.91 Å². The SMILES string of the molecule is C=C(C)COc1ccc(C2(C)NC(=O)N(CC(=O)Nc3ccc(C)c(C)c3)C2=O)cc1. The second kappa shape index (κ2) is 8.63. The highest BCUT2D eigenvalue weighted by molar-refractivity contribution is 6.10. The topological polar surface area (TPSA) is 87.7 Å². The maximum Gasteiger partial charge on any atom is 0.325 e. The van der Waals surface area contributed by atoms with E-state index in [0.29, 0.717) is 23.6 Å². The van der Waals surface area contributed by atoms with Gasteiger partial charge < -0.3 is 15.4 Å². The molecule has 0 saturated carbocycles. The zero-order chi connectivity index (χ0) is 22.8. The quantitative estimate of drug-likeness (QED) is 0.528. The molecule has 1 heterocycles. The molecule has 0 aliphatic carbocycles. The minimum atomic E-state index is -1.26. The molecule has 3 rings (SSSR count). The Morgan fingerprint density at radius 2 is 1.81 bits per heavy atom. The molecule has 1 aliphatic rings. The van der Waals surface area contributed by atoms with E-state index in [-0.39, 0.29) is 6.54 Å². The van der Waals surface area contributed by atoms with Crippen LogP contribution in [0, 0.1) is 13.8 Å². The largest absolute Gasteiger partial charge is 0.489 e. The molecule has 1 unspecified atom stereocenters. The molecule has 2 aromatic carbocycles. The molecule has 0 bridgehead atoms. The van der Waals surface area contributed by atoms with Crippen LogP contribution in [0.3, 0.4) is 0 Å². The van der Waals surface area contributed by atoms with E-state index >= 15 is 0 Å². The fourth-order valence-corrected chi connectivity index (χ4v) is 3.29. The lowest BCUT2D eigenvalue weighted by Crippen LogP contribution is -2.42. The van der Waals surface area contributed by atoms with E-state index in [9.17, 15) is 14.4 Å².